The van der Waals surface area contributed by atoms with Gasteiger partial charge in [0.25, 0.3) is 0 Å². The predicted molar refractivity (Wildman–Crippen MR) is 124 cm³/mol. The van der Waals surface area contributed by atoms with Crippen molar-refractivity contribution in [3.05, 3.63) is 0 Å². The molecular formula is C26H44O6. The monoisotopic (exact) mass is 452 g/mol. The van der Waals surface area contributed by atoms with Crippen molar-refractivity contribution in [2.45, 2.75) is 112 Å². The molecule has 6 nitrogen and oxygen atoms in total. The van der Waals surface area contributed by atoms with E-state index in [1.807, 2.05) is 6.92 Å². The molecule has 0 amide bonds. The average Bonchev–Trinajstić information content (AvgIpc) is 2.67. The summed E-state index contributed by atoms with van der Waals surface area (Å²) in [7, 11) is 0. The van der Waals surface area contributed by atoms with Gasteiger partial charge < -0.3 is 14.6 Å². The first-order valence-corrected chi connectivity index (χ1v) is 12.1. The molecule has 1 unspecified atom stereocenters. The Balaban J connectivity index is 2.56. The molecule has 184 valence electrons. The topological polar surface area (TPSA) is 97.7 Å². The molecule has 1 N–H and O–H groups in total. The molecule has 6 heteroatoms. The van der Waals surface area contributed by atoms with E-state index in [0.29, 0.717) is 25.7 Å². The Bertz CT molecular complexity index is 667. The second-order valence-corrected chi connectivity index (χ2v) is 10.9. The molecule has 0 aromatic carbocycles. The molecule has 0 aromatic rings. The lowest BCUT2D eigenvalue weighted by Crippen LogP contribution is -2.47. The zero-order chi connectivity index (χ0) is 24.5. The average molecular weight is 453 g/mol. The summed E-state index contributed by atoms with van der Waals surface area (Å²) in [6.07, 6.45) is 5.41. The van der Waals surface area contributed by atoms with Gasteiger partial charge in [0.05, 0.1) is 6.10 Å². The van der Waals surface area contributed by atoms with Gasteiger partial charge in [-0.3, -0.25) is 14.4 Å². The number of rotatable bonds is 14. The quantitative estimate of drug-likeness (QED) is 0.379. The van der Waals surface area contributed by atoms with Crippen LogP contribution in [-0.2, 0) is 23.9 Å². The Hall–Kier alpha value is -1.56. The standard InChI is InChI=1S/C26H44O6/c1-18(16-21(29)10-11-22(30)17-32-20(3)28)8-13-24(31)26(6)15-7-14-25(4,5)23(26)12-9-19(2)27/h18,22-23,30H,7-17H2,1-6H3/t18-,22?,23-,26-/m1/s1. The summed E-state index contributed by atoms with van der Waals surface area (Å²) < 4.78 is 4.75. The van der Waals surface area contributed by atoms with Crippen LogP contribution >= 0.6 is 0 Å². The molecule has 0 aliphatic heterocycles. The number of aliphatic hydroxyl groups is 1. The largest absolute Gasteiger partial charge is 0.463 e. The van der Waals surface area contributed by atoms with Gasteiger partial charge in [0.1, 0.15) is 24.0 Å². The van der Waals surface area contributed by atoms with E-state index in [1.165, 1.54) is 6.92 Å². The second kappa shape index (κ2) is 12.6. The van der Waals surface area contributed by atoms with Crippen LogP contribution in [0.5, 0.6) is 0 Å². The molecule has 1 aliphatic rings. The summed E-state index contributed by atoms with van der Waals surface area (Å²) in [5.74, 6) is 0.313. The maximum Gasteiger partial charge on any atom is 0.302 e. The summed E-state index contributed by atoms with van der Waals surface area (Å²) in [4.78, 5) is 48.0. The third-order valence-electron chi connectivity index (χ3n) is 7.33. The van der Waals surface area contributed by atoms with Crippen LogP contribution in [0.1, 0.15) is 106 Å². The first-order valence-electron chi connectivity index (χ1n) is 12.1. The number of carbonyl (C=O) groups is 4. The molecule has 0 radical (unpaired) electrons. The fraction of sp³-hybridized carbons (Fsp3) is 0.846. The van der Waals surface area contributed by atoms with E-state index in [-0.39, 0.29) is 54.0 Å². The highest BCUT2D eigenvalue weighted by atomic mass is 16.5. The Kier molecular flexibility index (Phi) is 11.2. The molecule has 0 aromatic heterocycles. The molecular weight excluding hydrogens is 408 g/mol. The van der Waals surface area contributed by atoms with Crippen molar-refractivity contribution in [3.8, 4) is 0 Å². The van der Waals surface area contributed by atoms with Crippen molar-refractivity contribution >= 4 is 23.3 Å². The van der Waals surface area contributed by atoms with Gasteiger partial charge >= 0.3 is 5.97 Å². The summed E-state index contributed by atoms with van der Waals surface area (Å²) >= 11 is 0. The second-order valence-electron chi connectivity index (χ2n) is 10.9. The van der Waals surface area contributed by atoms with E-state index in [0.717, 1.165) is 25.7 Å². The van der Waals surface area contributed by atoms with Crippen LogP contribution in [0.4, 0.5) is 0 Å². The van der Waals surface area contributed by atoms with Crippen LogP contribution < -0.4 is 0 Å². The summed E-state index contributed by atoms with van der Waals surface area (Å²) in [5, 5.41) is 9.78. The fourth-order valence-corrected chi connectivity index (χ4v) is 5.39. The van der Waals surface area contributed by atoms with E-state index < -0.39 is 17.5 Å². The summed E-state index contributed by atoms with van der Waals surface area (Å²) in [6, 6.07) is 0. The Morgan fingerprint density at radius 1 is 1.00 bits per heavy atom. The maximum absolute atomic E-state index is 13.4. The van der Waals surface area contributed by atoms with Gasteiger partial charge in [-0.2, -0.15) is 0 Å². The van der Waals surface area contributed by atoms with Gasteiger partial charge in [0, 0.05) is 38.0 Å². The van der Waals surface area contributed by atoms with Gasteiger partial charge in [-0.05, 0) is 56.3 Å². The first-order chi connectivity index (χ1) is 14.8. The van der Waals surface area contributed by atoms with E-state index in [4.69, 9.17) is 4.74 Å². The van der Waals surface area contributed by atoms with Gasteiger partial charge in [0.2, 0.25) is 0 Å². The highest BCUT2D eigenvalue weighted by Gasteiger charge is 2.49. The minimum Gasteiger partial charge on any atom is -0.463 e. The Morgan fingerprint density at radius 2 is 1.66 bits per heavy atom. The van der Waals surface area contributed by atoms with Crippen LogP contribution in [0.15, 0.2) is 0 Å². The molecule has 0 saturated heterocycles. The van der Waals surface area contributed by atoms with E-state index in [9.17, 15) is 24.3 Å². The lowest BCUT2D eigenvalue weighted by atomic mass is 9.53. The van der Waals surface area contributed by atoms with Gasteiger partial charge in [-0.1, -0.05) is 34.1 Å². The number of ketones is 3. The number of hydrogen-bond donors (Lipinski definition) is 1. The maximum atomic E-state index is 13.4. The first kappa shape index (κ1) is 28.5. The fourth-order valence-electron chi connectivity index (χ4n) is 5.39. The number of esters is 1. The van der Waals surface area contributed by atoms with Crippen LogP contribution in [0.3, 0.4) is 0 Å². The lowest BCUT2D eigenvalue weighted by molar-refractivity contribution is -0.144. The number of aliphatic hydroxyl groups excluding tert-OH is 1. The van der Waals surface area contributed by atoms with Crippen molar-refractivity contribution in [1.29, 1.82) is 0 Å². The zero-order valence-corrected chi connectivity index (χ0v) is 21.0. The molecule has 1 fully saturated rings. The van der Waals surface area contributed by atoms with Crippen molar-refractivity contribution in [3.63, 3.8) is 0 Å². The minimum atomic E-state index is -0.832. The molecule has 32 heavy (non-hydrogen) atoms. The molecule has 0 bridgehead atoms. The highest BCUT2D eigenvalue weighted by molar-refractivity contribution is 5.85. The van der Waals surface area contributed by atoms with Crippen LogP contribution in [0, 0.1) is 22.7 Å². The summed E-state index contributed by atoms with van der Waals surface area (Å²) in [5.41, 5.74) is -0.381. The smallest absolute Gasteiger partial charge is 0.302 e. The Labute approximate surface area is 193 Å². The molecule has 0 spiro atoms. The number of hydrogen-bond acceptors (Lipinski definition) is 6. The zero-order valence-electron chi connectivity index (χ0n) is 21.0. The van der Waals surface area contributed by atoms with E-state index in [2.05, 4.69) is 20.8 Å². The van der Waals surface area contributed by atoms with Gasteiger partial charge in [-0.25, -0.2) is 0 Å². The third kappa shape index (κ3) is 9.13. The van der Waals surface area contributed by atoms with E-state index >= 15 is 0 Å². The lowest BCUT2D eigenvalue weighted by Gasteiger charge is -2.50. The van der Waals surface area contributed by atoms with Crippen LogP contribution in [-0.4, -0.2) is 41.1 Å². The van der Waals surface area contributed by atoms with Crippen molar-refractivity contribution in [1.82, 2.24) is 0 Å². The number of ether oxygens (including phenoxy) is 1. The van der Waals surface area contributed by atoms with Crippen molar-refractivity contribution in [2.75, 3.05) is 6.61 Å². The Morgan fingerprint density at radius 3 is 2.25 bits per heavy atom. The number of Topliss-reactive ketones (excluding diaryl/α,β-unsaturated/α-hetero) is 3. The van der Waals surface area contributed by atoms with Gasteiger partial charge in [-0.15, -0.1) is 0 Å². The van der Waals surface area contributed by atoms with Crippen LogP contribution in [0.2, 0.25) is 0 Å². The van der Waals surface area contributed by atoms with Crippen LogP contribution in [0.25, 0.3) is 0 Å². The van der Waals surface area contributed by atoms with Crippen molar-refractivity contribution in [2.24, 2.45) is 22.7 Å². The predicted octanol–water partition coefficient (Wildman–Crippen LogP) is 4.84. The molecule has 0 heterocycles. The summed E-state index contributed by atoms with van der Waals surface area (Å²) in [6.45, 7) is 11.3. The minimum absolute atomic E-state index is 0.0344. The highest BCUT2D eigenvalue weighted by Crippen LogP contribution is 2.54. The molecule has 4 atom stereocenters. The molecule has 1 saturated carbocycles. The third-order valence-corrected chi connectivity index (χ3v) is 7.33. The normalized spacial score (nSPS) is 24.4. The molecule has 1 rings (SSSR count). The number of carbonyl (C=O) groups excluding carboxylic acids is 4. The SMILES string of the molecule is CC(=O)CC[C@@H]1C(C)(C)CCC[C@@]1(C)C(=O)CC[C@@H](C)CC(=O)CCC(O)COC(C)=O. The molecule has 1 aliphatic carbocycles. The van der Waals surface area contributed by atoms with Crippen molar-refractivity contribution < 1.29 is 29.0 Å². The van der Waals surface area contributed by atoms with E-state index in [1.54, 1.807) is 6.92 Å². The van der Waals surface area contributed by atoms with Gasteiger partial charge in [0.15, 0.2) is 0 Å².